The summed E-state index contributed by atoms with van der Waals surface area (Å²) < 4.78 is 10.7. The van der Waals surface area contributed by atoms with E-state index in [1.807, 2.05) is 19.1 Å². The molecule has 5 heteroatoms. The molecular formula is C14H16N2O2S. The lowest BCUT2D eigenvalue weighted by Crippen LogP contribution is -2.18. The van der Waals surface area contributed by atoms with E-state index in [9.17, 15) is 0 Å². The van der Waals surface area contributed by atoms with Crippen LogP contribution in [0.1, 0.15) is 29.2 Å². The number of hydrogen-bond donors (Lipinski definition) is 1. The van der Waals surface area contributed by atoms with E-state index in [1.165, 1.54) is 5.56 Å². The second-order valence-electron chi connectivity index (χ2n) is 4.58. The SMILES string of the molecule is Cc1nc(C(C)NCc2ccc3c(c2)OCO3)cs1. The molecule has 1 aromatic heterocycles. The maximum absolute atomic E-state index is 5.37. The Morgan fingerprint density at radius 1 is 1.37 bits per heavy atom. The molecule has 0 bridgehead atoms. The van der Waals surface area contributed by atoms with Gasteiger partial charge in [0.25, 0.3) is 0 Å². The van der Waals surface area contributed by atoms with Gasteiger partial charge >= 0.3 is 0 Å². The van der Waals surface area contributed by atoms with Crippen LogP contribution in [-0.4, -0.2) is 11.8 Å². The van der Waals surface area contributed by atoms with E-state index in [4.69, 9.17) is 9.47 Å². The van der Waals surface area contributed by atoms with Gasteiger partial charge in [0.05, 0.1) is 10.7 Å². The monoisotopic (exact) mass is 276 g/mol. The maximum atomic E-state index is 5.37. The van der Waals surface area contributed by atoms with Gasteiger partial charge in [-0.05, 0) is 31.5 Å². The molecule has 1 N–H and O–H groups in total. The van der Waals surface area contributed by atoms with Crippen LogP contribution in [0.4, 0.5) is 0 Å². The Kier molecular flexibility index (Phi) is 3.40. The van der Waals surface area contributed by atoms with Crippen molar-refractivity contribution in [2.24, 2.45) is 0 Å². The van der Waals surface area contributed by atoms with Crippen molar-refractivity contribution in [3.63, 3.8) is 0 Å². The first-order valence-electron chi connectivity index (χ1n) is 6.26. The van der Waals surface area contributed by atoms with Crippen molar-refractivity contribution >= 4 is 11.3 Å². The lowest BCUT2D eigenvalue weighted by Gasteiger charge is -2.11. The van der Waals surface area contributed by atoms with Crippen LogP contribution in [-0.2, 0) is 6.54 Å². The quantitative estimate of drug-likeness (QED) is 0.932. The summed E-state index contributed by atoms with van der Waals surface area (Å²) in [7, 11) is 0. The Bertz CT molecular complexity index is 583. The van der Waals surface area contributed by atoms with Crippen molar-refractivity contribution in [3.8, 4) is 11.5 Å². The lowest BCUT2D eigenvalue weighted by molar-refractivity contribution is 0.174. The molecule has 0 saturated heterocycles. The number of rotatable bonds is 4. The van der Waals surface area contributed by atoms with Gasteiger partial charge in [0.2, 0.25) is 6.79 Å². The average Bonchev–Trinajstić information content (AvgIpc) is 3.03. The summed E-state index contributed by atoms with van der Waals surface area (Å²) in [5.74, 6) is 1.66. The molecule has 4 nitrogen and oxygen atoms in total. The second-order valence-corrected chi connectivity index (χ2v) is 5.64. The smallest absolute Gasteiger partial charge is 0.231 e. The van der Waals surface area contributed by atoms with E-state index in [-0.39, 0.29) is 6.04 Å². The Morgan fingerprint density at radius 2 is 2.21 bits per heavy atom. The molecule has 1 atom stereocenters. The van der Waals surface area contributed by atoms with Crippen LogP contribution in [0.3, 0.4) is 0 Å². The van der Waals surface area contributed by atoms with E-state index in [0.717, 1.165) is 28.7 Å². The fourth-order valence-electron chi connectivity index (χ4n) is 2.01. The highest BCUT2D eigenvalue weighted by atomic mass is 32.1. The zero-order chi connectivity index (χ0) is 13.2. The van der Waals surface area contributed by atoms with Gasteiger partial charge in [-0.25, -0.2) is 4.98 Å². The Balaban J connectivity index is 1.63. The van der Waals surface area contributed by atoms with Crippen molar-refractivity contribution in [3.05, 3.63) is 39.8 Å². The highest BCUT2D eigenvalue weighted by Gasteiger charge is 2.14. The molecule has 100 valence electrons. The fraction of sp³-hybridized carbons (Fsp3) is 0.357. The zero-order valence-corrected chi connectivity index (χ0v) is 11.8. The van der Waals surface area contributed by atoms with Crippen LogP contribution < -0.4 is 14.8 Å². The normalized spacial score (nSPS) is 14.6. The Morgan fingerprint density at radius 3 is 3.00 bits per heavy atom. The molecular weight excluding hydrogens is 260 g/mol. The highest BCUT2D eigenvalue weighted by Crippen LogP contribution is 2.32. The van der Waals surface area contributed by atoms with Gasteiger partial charge in [-0.3, -0.25) is 0 Å². The molecule has 1 aliphatic rings. The van der Waals surface area contributed by atoms with Crippen LogP contribution in [0, 0.1) is 6.92 Å². The summed E-state index contributed by atoms with van der Waals surface area (Å²) in [4.78, 5) is 4.49. The first-order valence-corrected chi connectivity index (χ1v) is 7.14. The number of aromatic nitrogens is 1. The molecule has 1 unspecified atom stereocenters. The predicted octanol–water partition coefficient (Wildman–Crippen LogP) is 3.03. The van der Waals surface area contributed by atoms with E-state index in [0.29, 0.717) is 6.79 Å². The van der Waals surface area contributed by atoms with Crippen molar-refractivity contribution in [1.82, 2.24) is 10.3 Å². The Labute approximate surface area is 116 Å². The molecule has 0 amide bonds. The first-order chi connectivity index (χ1) is 9.22. The van der Waals surface area contributed by atoms with Crippen LogP contribution >= 0.6 is 11.3 Å². The fourth-order valence-corrected chi connectivity index (χ4v) is 2.71. The Hall–Kier alpha value is -1.59. The van der Waals surface area contributed by atoms with Crippen molar-refractivity contribution < 1.29 is 9.47 Å². The van der Waals surface area contributed by atoms with E-state index in [1.54, 1.807) is 11.3 Å². The van der Waals surface area contributed by atoms with E-state index < -0.39 is 0 Å². The molecule has 0 saturated carbocycles. The van der Waals surface area contributed by atoms with Crippen LogP contribution in [0.5, 0.6) is 11.5 Å². The molecule has 0 spiro atoms. The number of ether oxygens (including phenoxy) is 2. The van der Waals surface area contributed by atoms with Gasteiger partial charge < -0.3 is 14.8 Å². The minimum Gasteiger partial charge on any atom is -0.454 e. The zero-order valence-electron chi connectivity index (χ0n) is 11.0. The summed E-state index contributed by atoms with van der Waals surface area (Å²) in [5, 5.41) is 6.67. The molecule has 2 aromatic rings. The number of hydrogen-bond acceptors (Lipinski definition) is 5. The highest BCUT2D eigenvalue weighted by molar-refractivity contribution is 7.09. The first kappa shape index (κ1) is 12.4. The van der Waals surface area contributed by atoms with Gasteiger partial charge in [-0.15, -0.1) is 11.3 Å². The number of nitrogens with zero attached hydrogens (tertiary/aromatic N) is 1. The number of fused-ring (bicyclic) bond motifs is 1. The molecule has 1 aliphatic heterocycles. The number of aryl methyl sites for hydroxylation is 1. The number of benzene rings is 1. The summed E-state index contributed by atoms with van der Waals surface area (Å²) in [6.07, 6.45) is 0. The molecule has 2 heterocycles. The molecule has 3 rings (SSSR count). The average molecular weight is 276 g/mol. The van der Waals surface area contributed by atoms with Crippen LogP contribution in [0.2, 0.25) is 0 Å². The van der Waals surface area contributed by atoms with Gasteiger partial charge in [-0.1, -0.05) is 6.07 Å². The second kappa shape index (κ2) is 5.19. The largest absolute Gasteiger partial charge is 0.454 e. The minimum atomic E-state index is 0.246. The van der Waals surface area contributed by atoms with Crippen molar-refractivity contribution in [2.45, 2.75) is 26.4 Å². The molecule has 0 radical (unpaired) electrons. The molecule has 0 fully saturated rings. The summed E-state index contributed by atoms with van der Waals surface area (Å²) in [6.45, 7) is 5.26. The summed E-state index contributed by atoms with van der Waals surface area (Å²) in [6, 6.07) is 6.28. The number of nitrogens with one attached hydrogen (secondary N) is 1. The van der Waals surface area contributed by atoms with Gasteiger partial charge in [0, 0.05) is 18.0 Å². The summed E-state index contributed by atoms with van der Waals surface area (Å²) >= 11 is 1.68. The van der Waals surface area contributed by atoms with Crippen molar-refractivity contribution in [2.75, 3.05) is 6.79 Å². The standard InChI is InChI=1S/C14H16N2O2S/c1-9(12-7-19-10(2)16-12)15-6-11-3-4-13-14(5-11)18-8-17-13/h3-5,7,9,15H,6,8H2,1-2H3. The third-order valence-electron chi connectivity index (χ3n) is 3.13. The van der Waals surface area contributed by atoms with E-state index in [2.05, 4.69) is 28.7 Å². The predicted molar refractivity (Wildman–Crippen MR) is 74.7 cm³/mol. The number of thiazole rings is 1. The topological polar surface area (TPSA) is 43.4 Å². The van der Waals surface area contributed by atoms with Crippen LogP contribution in [0.15, 0.2) is 23.6 Å². The molecule has 19 heavy (non-hydrogen) atoms. The van der Waals surface area contributed by atoms with E-state index >= 15 is 0 Å². The molecule has 1 aromatic carbocycles. The molecule has 0 aliphatic carbocycles. The third-order valence-corrected chi connectivity index (χ3v) is 3.92. The minimum absolute atomic E-state index is 0.246. The maximum Gasteiger partial charge on any atom is 0.231 e. The third kappa shape index (κ3) is 2.72. The lowest BCUT2D eigenvalue weighted by atomic mass is 10.2. The van der Waals surface area contributed by atoms with Crippen molar-refractivity contribution in [1.29, 1.82) is 0 Å². The van der Waals surface area contributed by atoms with Gasteiger partial charge in [-0.2, -0.15) is 0 Å². The van der Waals surface area contributed by atoms with Crippen LogP contribution in [0.25, 0.3) is 0 Å². The van der Waals surface area contributed by atoms with Gasteiger partial charge in [0.1, 0.15) is 0 Å². The summed E-state index contributed by atoms with van der Waals surface area (Å²) in [5.41, 5.74) is 2.28. The van der Waals surface area contributed by atoms with Gasteiger partial charge in [0.15, 0.2) is 11.5 Å².